The molecular weight excluding hydrogens is 266 g/mol. The Kier molecular flexibility index (Phi) is 4.07. The monoisotopic (exact) mass is 283 g/mol. The highest BCUT2D eigenvalue weighted by Gasteiger charge is 2.27. The Bertz CT molecular complexity index is 464. The third-order valence-corrected chi connectivity index (χ3v) is 5.11. The highest BCUT2D eigenvalue weighted by molar-refractivity contribution is 8.00. The number of rotatable bonds is 2. The van der Waals surface area contributed by atoms with Gasteiger partial charge in [0.15, 0.2) is 0 Å². The molecule has 3 N–H and O–H groups in total. The van der Waals surface area contributed by atoms with Crippen LogP contribution in [0.5, 0.6) is 0 Å². The number of benzene rings is 1. The third-order valence-electron chi connectivity index (χ3n) is 3.45. The normalized spacial score (nSPS) is 24.1. The molecule has 1 aromatic rings. The zero-order valence-electron chi connectivity index (χ0n) is 10.6. The lowest BCUT2D eigenvalue weighted by Gasteiger charge is -2.40. The van der Waals surface area contributed by atoms with Crippen molar-refractivity contribution in [3.8, 4) is 0 Å². The molecule has 1 aliphatic rings. The van der Waals surface area contributed by atoms with Crippen molar-refractivity contribution >= 4 is 34.9 Å². The van der Waals surface area contributed by atoms with Crippen LogP contribution in [0, 0.1) is 5.41 Å². The van der Waals surface area contributed by atoms with Gasteiger partial charge in [0.2, 0.25) is 0 Å². The van der Waals surface area contributed by atoms with E-state index in [0.29, 0.717) is 21.9 Å². The van der Waals surface area contributed by atoms with Gasteiger partial charge in [0.25, 0.3) is 0 Å². The number of thioether (sulfide) groups is 1. The van der Waals surface area contributed by atoms with Crippen molar-refractivity contribution in [2.45, 2.75) is 25.1 Å². The summed E-state index contributed by atoms with van der Waals surface area (Å²) in [5, 5.41) is 8.83. The number of hydrogen-bond donors (Lipinski definition) is 2. The van der Waals surface area contributed by atoms with Crippen LogP contribution in [0.1, 0.15) is 19.4 Å². The Labute approximate surface area is 117 Å². The molecule has 1 saturated heterocycles. The predicted molar refractivity (Wildman–Crippen MR) is 81.2 cm³/mol. The predicted octanol–water partition coefficient (Wildman–Crippen LogP) is 2.95. The van der Waals surface area contributed by atoms with Crippen molar-refractivity contribution in [1.29, 1.82) is 5.41 Å². The molecule has 0 amide bonds. The molecule has 0 spiro atoms. The first-order chi connectivity index (χ1) is 8.52. The number of nitrogens with one attached hydrogen (secondary N) is 1. The summed E-state index contributed by atoms with van der Waals surface area (Å²) in [6.45, 7) is 5.41. The van der Waals surface area contributed by atoms with Crippen molar-refractivity contribution in [3.63, 3.8) is 0 Å². The number of halogens is 1. The molecule has 2 atom stereocenters. The second kappa shape index (κ2) is 5.41. The van der Waals surface area contributed by atoms with Gasteiger partial charge in [0.1, 0.15) is 5.84 Å². The smallest absolute Gasteiger partial charge is 0.126 e. The molecule has 0 aromatic heterocycles. The molecule has 0 bridgehead atoms. The van der Waals surface area contributed by atoms with Crippen LogP contribution in [0.2, 0.25) is 5.02 Å². The molecule has 0 saturated carbocycles. The third kappa shape index (κ3) is 2.45. The van der Waals surface area contributed by atoms with Gasteiger partial charge in [0, 0.05) is 29.3 Å². The highest BCUT2D eigenvalue weighted by atomic mass is 35.5. The first kappa shape index (κ1) is 13.6. The van der Waals surface area contributed by atoms with Crippen molar-refractivity contribution in [3.05, 3.63) is 28.8 Å². The Morgan fingerprint density at radius 3 is 2.89 bits per heavy atom. The van der Waals surface area contributed by atoms with E-state index >= 15 is 0 Å². The molecule has 0 radical (unpaired) electrons. The molecule has 1 aliphatic heterocycles. The number of anilines is 1. The van der Waals surface area contributed by atoms with E-state index in [2.05, 4.69) is 18.7 Å². The van der Waals surface area contributed by atoms with E-state index in [4.69, 9.17) is 22.7 Å². The fraction of sp³-hybridized carbons (Fsp3) is 0.462. The summed E-state index contributed by atoms with van der Waals surface area (Å²) in [7, 11) is 0. The summed E-state index contributed by atoms with van der Waals surface area (Å²) in [5.74, 6) is 1.13. The van der Waals surface area contributed by atoms with Crippen LogP contribution in [-0.2, 0) is 0 Å². The van der Waals surface area contributed by atoms with Crippen molar-refractivity contribution in [1.82, 2.24) is 0 Å². The number of nitrogens with two attached hydrogens (primary N) is 1. The Hall–Kier alpha value is -0.870. The lowest BCUT2D eigenvalue weighted by atomic mass is 10.1. The van der Waals surface area contributed by atoms with Crippen LogP contribution < -0.4 is 10.6 Å². The van der Waals surface area contributed by atoms with Crippen LogP contribution in [0.3, 0.4) is 0 Å². The SMILES string of the molecule is CC1SCCN(c2cccc(Cl)c2C(=N)N)C1C. The van der Waals surface area contributed by atoms with Crippen LogP contribution >= 0.6 is 23.4 Å². The average Bonchev–Trinajstić information content (AvgIpc) is 2.32. The van der Waals surface area contributed by atoms with E-state index in [1.807, 2.05) is 23.9 Å². The molecular formula is C13H18ClN3S. The summed E-state index contributed by atoms with van der Waals surface area (Å²) >= 11 is 8.16. The minimum atomic E-state index is 0.0358. The largest absolute Gasteiger partial charge is 0.384 e. The molecule has 1 aromatic carbocycles. The quantitative estimate of drug-likeness (QED) is 0.648. The number of nitrogens with zero attached hydrogens (tertiary/aromatic N) is 1. The van der Waals surface area contributed by atoms with Gasteiger partial charge in [0.05, 0.1) is 10.6 Å². The van der Waals surface area contributed by atoms with Gasteiger partial charge in [-0.1, -0.05) is 24.6 Å². The Morgan fingerprint density at radius 2 is 2.22 bits per heavy atom. The maximum Gasteiger partial charge on any atom is 0.126 e. The molecule has 1 heterocycles. The second-order valence-corrected chi connectivity index (χ2v) is 6.45. The summed E-state index contributed by atoms with van der Waals surface area (Å²) in [6, 6.07) is 6.12. The minimum absolute atomic E-state index is 0.0358. The zero-order valence-corrected chi connectivity index (χ0v) is 12.2. The van der Waals surface area contributed by atoms with Gasteiger partial charge in [-0.2, -0.15) is 11.8 Å². The maximum absolute atomic E-state index is 7.71. The number of amidine groups is 1. The summed E-state index contributed by atoms with van der Waals surface area (Å²) < 4.78 is 0. The van der Waals surface area contributed by atoms with Gasteiger partial charge >= 0.3 is 0 Å². The average molecular weight is 284 g/mol. The molecule has 1 fully saturated rings. The molecule has 5 heteroatoms. The topological polar surface area (TPSA) is 53.1 Å². The fourth-order valence-corrected chi connectivity index (χ4v) is 3.66. The van der Waals surface area contributed by atoms with E-state index in [1.165, 1.54) is 0 Å². The standard InChI is InChI=1S/C13H18ClN3S/c1-8-9(2)18-7-6-17(8)11-5-3-4-10(14)12(11)13(15)16/h3-5,8-9H,6-7H2,1-2H3,(H3,15,16). The van der Waals surface area contributed by atoms with E-state index in [1.54, 1.807) is 6.07 Å². The van der Waals surface area contributed by atoms with Gasteiger partial charge in [-0.25, -0.2) is 0 Å². The number of nitrogen functional groups attached to an aromatic ring is 1. The van der Waals surface area contributed by atoms with Crippen molar-refractivity contribution < 1.29 is 0 Å². The molecule has 0 aliphatic carbocycles. The van der Waals surface area contributed by atoms with E-state index < -0.39 is 0 Å². The molecule has 3 nitrogen and oxygen atoms in total. The van der Waals surface area contributed by atoms with E-state index in [0.717, 1.165) is 18.0 Å². The van der Waals surface area contributed by atoms with Gasteiger partial charge in [-0.05, 0) is 19.1 Å². The van der Waals surface area contributed by atoms with Crippen LogP contribution in [0.4, 0.5) is 5.69 Å². The molecule has 18 heavy (non-hydrogen) atoms. The molecule has 2 unspecified atom stereocenters. The van der Waals surface area contributed by atoms with Crippen LogP contribution in [-0.4, -0.2) is 29.4 Å². The van der Waals surface area contributed by atoms with Gasteiger partial charge in [-0.3, -0.25) is 5.41 Å². The lowest BCUT2D eigenvalue weighted by molar-refractivity contribution is 0.627. The molecule has 2 rings (SSSR count). The summed E-state index contributed by atoms with van der Waals surface area (Å²) in [6.07, 6.45) is 0. The van der Waals surface area contributed by atoms with E-state index in [9.17, 15) is 0 Å². The minimum Gasteiger partial charge on any atom is -0.384 e. The molecule has 98 valence electrons. The van der Waals surface area contributed by atoms with E-state index in [-0.39, 0.29) is 5.84 Å². The summed E-state index contributed by atoms with van der Waals surface area (Å²) in [4.78, 5) is 2.31. The van der Waals surface area contributed by atoms with Crippen molar-refractivity contribution in [2.75, 3.05) is 17.2 Å². The first-order valence-electron chi connectivity index (χ1n) is 6.03. The van der Waals surface area contributed by atoms with Crippen LogP contribution in [0.25, 0.3) is 0 Å². The van der Waals surface area contributed by atoms with Crippen molar-refractivity contribution in [2.24, 2.45) is 5.73 Å². The second-order valence-electron chi connectivity index (χ2n) is 4.56. The lowest BCUT2D eigenvalue weighted by Crippen LogP contribution is -2.45. The zero-order chi connectivity index (χ0) is 13.3. The number of hydrogen-bond acceptors (Lipinski definition) is 3. The fourth-order valence-electron chi connectivity index (χ4n) is 2.29. The van der Waals surface area contributed by atoms with Crippen LogP contribution in [0.15, 0.2) is 18.2 Å². The Morgan fingerprint density at radius 1 is 1.50 bits per heavy atom. The summed E-state index contributed by atoms with van der Waals surface area (Å²) in [5.41, 5.74) is 7.31. The first-order valence-corrected chi connectivity index (χ1v) is 7.46. The van der Waals surface area contributed by atoms with Gasteiger partial charge in [-0.15, -0.1) is 0 Å². The Balaban J connectivity index is 2.44. The van der Waals surface area contributed by atoms with Gasteiger partial charge < -0.3 is 10.6 Å². The maximum atomic E-state index is 7.71. The highest BCUT2D eigenvalue weighted by Crippen LogP contribution is 2.33.